The Morgan fingerprint density at radius 3 is 2.67 bits per heavy atom. The van der Waals surface area contributed by atoms with Gasteiger partial charge in [0.05, 0.1) is 24.1 Å². The first-order chi connectivity index (χ1) is 14.0. The van der Waals surface area contributed by atoms with Crippen LogP contribution in [0.15, 0.2) is 24.7 Å². The minimum Gasteiger partial charge on any atom is -0.396 e. The number of aliphatic hydroxyl groups is 1. The number of hydrogen-bond acceptors (Lipinski definition) is 7. The smallest absolute Gasteiger partial charge is 0.396 e. The molecule has 3 rings (SSSR count). The van der Waals surface area contributed by atoms with Gasteiger partial charge in [-0.05, 0) is 19.9 Å². The van der Waals surface area contributed by atoms with Crippen molar-refractivity contribution in [1.82, 2.24) is 25.3 Å². The zero-order valence-electron chi connectivity index (χ0n) is 16.1. The number of carbonyl (C=O) groups is 1. The van der Waals surface area contributed by atoms with Crippen molar-refractivity contribution in [1.29, 1.82) is 0 Å². The molecule has 0 fully saturated rings. The molecule has 6 N–H and O–H groups in total. The van der Waals surface area contributed by atoms with Gasteiger partial charge >= 0.3 is 6.18 Å². The number of nitrogens with two attached hydrogens (primary N) is 1. The number of aliphatic hydroxyl groups excluding tert-OH is 1. The largest absolute Gasteiger partial charge is 0.417 e. The number of alkyl halides is 3. The molecule has 0 bridgehead atoms. The fourth-order valence-corrected chi connectivity index (χ4v) is 2.75. The standard InChI is InChI=1S/C18H20F3N7O2/c1-17(2,15(30)23-3-4-29)28-16-26-8-12(22)13(27-16)11-7-25-14-10(11)5-9(6-24-14)18(19,20)21/h5-8,29H,3-4,22H2,1-2H3,(H,23,30)(H,24,25)(H,26,27,28). The number of hydrogen-bond donors (Lipinski definition) is 5. The molecule has 3 heterocycles. The van der Waals surface area contributed by atoms with E-state index in [1.54, 1.807) is 13.8 Å². The summed E-state index contributed by atoms with van der Waals surface area (Å²) >= 11 is 0. The number of halogens is 3. The van der Waals surface area contributed by atoms with Crippen molar-refractivity contribution in [3.63, 3.8) is 0 Å². The molecule has 0 radical (unpaired) electrons. The van der Waals surface area contributed by atoms with Gasteiger partial charge in [0.25, 0.3) is 0 Å². The van der Waals surface area contributed by atoms with E-state index in [1.165, 1.54) is 12.4 Å². The van der Waals surface area contributed by atoms with Gasteiger partial charge in [-0.3, -0.25) is 4.79 Å². The van der Waals surface area contributed by atoms with E-state index in [1.807, 2.05) is 0 Å². The third kappa shape index (κ3) is 4.27. The second-order valence-electron chi connectivity index (χ2n) is 7.05. The Bertz CT molecular complexity index is 1080. The molecule has 12 heteroatoms. The van der Waals surface area contributed by atoms with E-state index in [4.69, 9.17) is 10.8 Å². The predicted molar refractivity (Wildman–Crippen MR) is 104 cm³/mol. The van der Waals surface area contributed by atoms with E-state index in [2.05, 4.69) is 30.6 Å². The average Bonchev–Trinajstić information content (AvgIpc) is 3.09. The van der Waals surface area contributed by atoms with E-state index >= 15 is 0 Å². The maximum Gasteiger partial charge on any atom is 0.417 e. The van der Waals surface area contributed by atoms with E-state index in [-0.39, 0.29) is 41.5 Å². The molecule has 30 heavy (non-hydrogen) atoms. The molecule has 0 aromatic carbocycles. The number of amides is 1. The van der Waals surface area contributed by atoms with Crippen LogP contribution in [-0.2, 0) is 11.0 Å². The Morgan fingerprint density at radius 2 is 2.00 bits per heavy atom. The van der Waals surface area contributed by atoms with Crippen LogP contribution in [0.25, 0.3) is 22.3 Å². The van der Waals surface area contributed by atoms with Gasteiger partial charge < -0.3 is 26.5 Å². The maximum atomic E-state index is 13.1. The van der Waals surface area contributed by atoms with Gasteiger partial charge in [0.15, 0.2) is 0 Å². The zero-order valence-corrected chi connectivity index (χ0v) is 16.1. The highest BCUT2D eigenvalue weighted by atomic mass is 19.4. The molecule has 3 aromatic rings. The number of nitrogens with one attached hydrogen (secondary N) is 3. The number of nitrogen functional groups attached to an aromatic ring is 1. The normalized spacial score (nSPS) is 12.2. The van der Waals surface area contributed by atoms with Crippen LogP contribution in [0.2, 0.25) is 0 Å². The molecule has 0 saturated carbocycles. The van der Waals surface area contributed by atoms with Crippen molar-refractivity contribution in [3.05, 3.63) is 30.2 Å². The van der Waals surface area contributed by atoms with Crippen molar-refractivity contribution < 1.29 is 23.1 Å². The Hall–Kier alpha value is -3.41. The predicted octanol–water partition coefficient (Wildman–Crippen LogP) is 1.92. The lowest BCUT2D eigenvalue weighted by molar-refractivity contribution is -0.137. The quantitative estimate of drug-likeness (QED) is 0.408. The first-order valence-corrected chi connectivity index (χ1v) is 8.87. The van der Waals surface area contributed by atoms with Gasteiger partial charge in [0.1, 0.15) is 16.9 Å². The highest BCUT2D eigenvalue weighted by molar-refractivity contribution is 5.96. The summed E-state index contributed by atoms with van der Waals surface area (Å²) in [5.41, 5.74) is 4.82. The SMILES string of the molecule is CC(C)(Nc1ncc(N)c(-c2c[nH]c3ncc(C(F)(F)F)cc23)n1)C(=O)NCCO. The van der Waals surface area contributed by atoms with Gasteiger partial charge in [0.2, 0.25) is 11.9 Å². The number of aromatic amines is 1. The van der Waals surface area contributed by atoms with E-state index < -0.39 is 23.2 Å². The monoisotopic (exact) mass is 423 g/mol. The van der Waals surface area contributed by atoms with Gasteiger partial charge in [-0.15, -0.1) is 0 Å². The van der Waals surface area contributed by atoms with E-state index in [9.17, 15) is 18.0 Å². The maximum absolute atomic E-state index is 13.1. The summed E-state index contributed by atoms with van der Waals surface area (Å²) in [6.07, 6.45) is -1.05. The zero-order chi connectivity index (χ0) is 22.1. The second kappa shape index (κ2) is 7.78. The first-order valence-electron chi connectivity index (χ1n) is 8.87. The van der Waals surface area contributed by atoms with Crippen LogP contribution >= 0.6 is 0 Å². The molecule has 0 aliphatic carbocycles. The number of anilines is 2. The third-order valence-corrected chi connectivity index (χ3v) is 4.32. The van der Waals surface area contributed by atoms with Crippen LogP contribution in [0.1, 0.15) is 19.4 Å². The Balaban J connectivity index is 1.99. The van der Waals surface area contributed by atoms with Crippen molar-refractivity contribution >= 4 is 28.6 Å². The Kier molecular flexibility index (Phi) is 5.53. The fraction of sp³-hybridized carbons (Fsp3) is 0.333. The molecule has 1 amide bonds. The van der Waals surface area contributed by atoms with E-state index in [0.717, 1.165) is 12.3 Å². The summed E-state index contributed by atoms with van der Waals surface area (Å²) in [7, 11) is 0. The Labute approximate surface area is 168 Å². The lowest BCUT2D eigenvalue weighted by Gasteiger charge is -2.25. The minimum absolute atomic E-state index is 0.0534. The molecular formula is C18H20F3N7O2. The third-order valence-electron chi connectivity index (χ3n) is 4.32. The number of rotatable bonds is 6. The van der Waals surface area contributed by atoms with Crippen molar-refractivity contribution in [2.45, 2.75) is 25.6 Å². The van der Waals surface area contributed by atoms with Crippen molar-refractivity contribution in [2.75, 3.05) is 24.2 Å². The lowest BCUT2D eigenvalue weighted by Crippen LogP contribution is -2.49. The summed E-state index contributed by atoms with van der Waals surface area (Å²) < 4.78 is 39.3. The van der Waals surface area contributed by atoms with Gasteiger partial charge in [0, 0.05) is 29.9 Å². The molecule has 0 aliphatic heterocycles. The topological polar surface area (TPSA) is 142 Å². The number of nitrogens with zero attached hydrogens (tertiary/aromatic N) is 3. The summed E-state index contributed by atoms with van der Waals surface area (Å²) in [5, 5.41) is 14.4. The van der Waals surface area contributed by atoms with Gasteiger partial charge in [-0.1, -0.05) is 0 Å². The van der Waals surface area contributed by atoms with Crippen LogP contribution < -0.4 is 16.4 Å². The second-order valence-corrected chi connectivity index (χ2v) is 7.05. The average molecular weight is 423 g/mol. The molecule has 0 unspecified atom stereocenters. The van der Waals surface area contributed by atoms with Crippen LogP contribution in [0, 0.1) is 0 Å². The van der Waals surface area contributed by atoms with Gasteiger partial charge in [-0.25, -0.2) is 15.0 Å². The van der Waals surface area contributed by atoms with Crippen molar-refractivity contribution in [2.24, 2.45) is 0 Å². The molecule has 0 spiro atoms. The summed E-state index contributed by atoms with van der Waals surface area (Å²) in [6.45, 7) is 3.05. The van der Waals surface area contributed by atoms with Crippen LogP contribution in [0.4, 0.5) is 24.8 Å². The summed E-state index contributed by atoms with van der Waals surface area (Å²) in [6, 6.07) is 0.967. The van der Waals surface area contributed by atoms with Crippen LogP contribution in [0.5, 0.6) is 0 Å². The summed E-state index contributed by atoms with van der Waals surface area (Å²) in [4.78, 5) is 27.2. The molecule has 0 atom stereocenters. The summed E-state index contributed by atoms with van der Waals surface area (Å²) in [5.74, 6) is -0.345. The number of fused-ring (bicyclic) bond motifs is 1. The minimum atomic E-state index is -4.55. The van der Waals surface area contributed by atoms with Crippen LogP contribution in [-0.4, -0.2) is 49.6 Å². The molecule has 9 nitrogen and oxygen atoms in total. The molecule has 160 valence electrons. The number of carbonyl (C=O) groups excluding carboxylic acids is 1. The number of H-pyrrole nitrogens is 1. The first kappa shape index (κ1) is 21.3. The molecule has 3 aromatic heterocycles. The Morgan fingerprint density at radius 1 is 1.27 bits per heavy atom. The number of pyridine rings is 1. The number of aromatic nitrogens is 4. The molecule has 0 saturated heterocycles. The van der Waals surface area contributed by atoms with Crippen LogP contribution in [0.3, 0.4) is 0 Å². The fourth-order valence-electron chi connectivity index (χ4n) is 2.75. The van der Waals surface area contributed by atoms with Crippen molar-refractivity contribution in [3.8, 4) is 11.3 Å². The van der Waals surface area contributed by atoms with Gasteiger partial charge in [-0.2, -0.15) is 13.2 Å². The lowest BCUT2D eigenvalue weighted by atomic mass is 10.0. The van der Waals surface area contributed by atoms with E-state index in [0.29, 0.717) is 5.56 Å². The molecular weight excluding hydrogens is 403 g/mol. The highest BCUT2D eigenvalue weighted by Crippen LogP contribution is 2.35. The highest BCUT2D eigenvalue weighted by Gasteiger charge is 2.32. The molecule has 0 aliphatic rings.